The number of amides is 2. The smallest absolute Gasteiger partial charge is 0.253 e. The van der Waals surface area contributed by atoms with Crippen LogP contribution in [0.25, 0.3) is 0 Å². The largest absolute Gasteiger partial charge is 0.504 e. The number of carbonyl (C=O) groups is 2. The van der Waals surface area contributed by atoms with Crippen LogP contribution in [0.15, 0.2) is 36.4 Å². The summed E-state index contributed by atoms with van der Waals surface area (Å²) in [5.74, 6) is 0.472. The van der Waals surface area contributed by atoms with E-state index in [2.05, 4.69) is 0 Å². The predicted octanol–water partition coefficient (Wildman–Crippen LogP) is 4.01. The van der Waals surface area contributed by atoms with Gasteiger partial charge < -0.3 is 19.6 Å². The van der Waals surface area contributed by atoms with Gasteiger partial charge in [0.05, 0.1) is 13.2 Å². The summed E-state index contributed by atoms with van der Waals surface area (Å²) in [6, 6.07) is 10.6. The van der Waals surface area contributed by atoms with Gasteiger partial charge in [-0.05, 0) is 61.2 Å². The number of methoxy groups -OCH3 is 1. The van der Waals surface area contributed by atoms with Crippen LogP contribution in [0.2, 0.25) is 0 Å². The van der Waals surface area contributed by atoms with Crippen LogP contribution < -0.4 is 4.74 Å². The van der Waals surface area contributed by atoms with Crippen LogP contribution in [0.3, 0.4) is 0 Å². The van der Waals surface area contributed by atoms with E-state index in [1.165, 1.54) is 7.11 Å². The third-order valence-electron chi connectivity index (χ3n) is 5.37. The Bertz CT molecular complexity index is 860. The van der Waals surface area contributed by atoms with E-state index in [9.17, 15) is 14.7 Å². The van der Waals surface area contributed by atoms with Crippen LogP contribution in [-0.2, 0) is 11.2 Å². The Balaban J connectivity index is 0.00000155. The number of rotatable bonds is 6. The van der Waals surface area contributed by atoms with Crippen molar-refractivity contribution in [3.63, 3.8) is 0 Å². The van der Waals surface area contributed by atoms with Gasteiger partial charge in [-0.2, -0.15) is 0 Å². The number of phenolic OH excluding ortho intramolecular Hbond substituents is 1. The second-order valence-electron chi connectivity index (χ2n) is 6.82. The Hall–Kier alpha value is -3.02. The SMILES string of the molecule is CC.CCN(CC)C(=O)c1ccc(C2c3cc(O)c(OC)cc3CCN2C=O)cc1. The first-order chi connectivity index (χ1) is 14.5. The predicted molar refractivity (Wildman–Crippen MR) is 118 cm³/mol. The number of fused-ring (bicyclic) bond motifs is 1. The lowest BCUT2D eigenvalue weighted by Gasteiger charge is -2.35. The summed E-state index contributed by atoms with van der Waals surface area (Å²) in [7, 11) is 1.52. The van der Waals surface area contributed by atoms with E-state index in [4.69, 9.17) is 4.74 Å². The lowest BCUT2D eigenvalue weighted by atomic mass is 9.87. The number of hydrogen-bond donors (Lipinski definition) is 1. The van der Waals surface area contributed by atoms with E-state index < -0.39 is 0 Å². The minimum Gasteiger partial charge on any atom is -0.504 e. The van der Waals surface area contributed by atoms with Crippen LogP contribution in [0.5, 0.6) is 11.5 Å². The van der Waals surface area contributed by atoms with Crippen LogP contribution in [0.1, 0.15) is 60.8 Å². The number of aromatic hydroxyl groups is 1. The molecule has 6 nitrogen and oxygen atoms in total. The average Bonchev–Trinajstić information content (AvgIpc) is 2.80. The molecule has 0 bridgehead atoms. The number of benzene rings is 2. The van der Waals surface area contributed by atoms with Gasteiger partial charge in [-0.25, -0.2) is 0 Å². The van der Waals surface area contributed by atoms with Crippen LogP contribution in [0.4, 0.5) is 0 Å². The summed E-state index contributed by atoms with van der Waals surface area (Å²) < 4.78 is 5.22. The lowest BCUT2D eigenvalue weighted by Crippen LogP contribution is -2.35. The summed E-state index contributed by atoms with van der Waals surface area (Å²) in [5.41, 5.74) is 3.44. The molecule has 1 heterocycles. The summed E-state index contributed by atoms with van der Waals surface area (Å²) in [6.45, 7) is 9.81. The van der Waals surface area contributed by atoms with Gasteiger partial charge in [0.1, 0.15) is 0 Å². The minimum absolute atomic E-state index is 0.00443. The summed E-state index contributed by atoms with van der Waals surface area (Å²) in [6.07, 6.45) is 1.53. The van der Waals surface area contributed by atoms with Crippen molar-refractivity contribution in [2.45, 2.75) is 40.2 Å². The lowest BCUT2D eigenvalue weighted by molar-refractivity contribution is -0.119. The number of hydrogen-bond acceptors (Lipinski definition) is 4. The number of phenols is 1. The van der Waals surface area contributed by atoms with Gasteiger partial charge in [-0.15, -0.1) is 0 Å². The Morgan fingerprint density at radius 3 is 2.37 bits per heavy atom. The zero-order valence-corrected chi connectivity index (χ0v) is 18.5. The third kappa shape index (κ3) is 4.58. The monoisotopic (exact) mass is 412 g/mol. The van der Waals surface area contributed by atoms with Crippen molar-refractivity contribution < 1.29 is 19.4 Å². The molecule has 0 aliphatic carbocycles. The first-order valence-electron chi connectivity index (χ1n) is 10.5. The molecule has 2 amide bonds. The molecule has 1 unspecified atom stereocenters. The molecule has 0 fully saturated rings. The molecule has 30 heavy (non-hydrogen) atoms. The van der Waals surface area contributed by atoms with E-state index in [1.807, 2.05) is 45.9 Å². The molecule has 1 N–H and O–H groups in total. The highest BCUT2D eigenvalue weighted by Crippen LogP contribution is 2.40. The van der Waals surface area contributed by atoms with E-state index in [1.54, 1.807) is 28.0 Å². The fourth-order valence-electron chi connectivity index (χ4n) is 3.80. The molecule has 0 saturated carbocycles. The maximum absolute atomic E-state index is 12.5. The zero-order valence-electron chi connectivity index (χ0n) is 18.5. The molecule has 0 aromatic heterocycles. The van der Waals surface area contributed by atoms with Gasteiger partial charge in [0.25, 0.3) is 5.91 Å². The molecule has 0 radical (unpaired) electrons. The van der Waals surface area contributed by atoms with Crippen LogP contribution in [0, 0.1) is 0 Å². The van der Waals surface area contributed by atoms with Gasteiger partial charge in [0.15, 0.2) is 11.5 Å². The highest BCUT2D eigenvalue weighted by atomic mass is 16.5. The molecule has 0 spiro atoms. The second kappa shape index (κ2) is 10.7. The quantitative estimate of drug-likeness (QED) is 0.728. The topological polar surface area (TPSA) is 70.1 Å². The Labute approximate surface area is 179 Å². The average molecular weight is 413 g/mol. The maximum Gasteiger partial charge on any atom is 0.253 e. The molecular formula is C24H32N2O4. The molecule has 3 rings (SSSR count). The second-order valence-corrected chi connectivity index (χ2v) is 6.82. The molecule has 1 aliphatic rings. The molecule has 162 valence electrons. The first-order valence-corrected chi connectivity index (χ1v) is 10.5. The van der Waals surface area contributed by atoms with Crippen molar-refractivity contribution in [1.82, 2.24) is 9.80 Å². The van der Waals surface area contributed by atoms with Crippen LogP contribution >= 0.6 is 0 Å². The van der Waals surface area contributed by atoms with Gasteiger partial charge in [0.2, 0.25) is 6.41 Å². The van der Waals surface area contributed by atoms with Gasteiger partial charge >= 0.3 is 0 Å². The molecular weight excluding hydrogens is 380 g/mol. The zero-order chi connectivity index (χ0) is 22.3. The fraction of sp³-hybridized carbons (Fsp3) is 0.417. The molecule has 6 heteroatoms. The molecule has 0 saturated heterocycles. The first kappa shape index (κ1) is 23.3. The van der Waals surface area contributed by atoms with Gasteiger partial charge in [-0.1, -0.05) is 26.0 Å². The van der Waals surface area contributed by atoms with Crippen molar-refractivity contribution in [3.05, 3.63) is 58.7 Å². The number of ether oxygens (including phenoxy) is 1. The van der Waals surface area contributed by atoms with Crippen molar-refractivity contribution in [2.24, 2.45) is 0 Å². The normalized spacial score (nSPS) is 14.8. The standard InChI is InChI=1S/C22H26N2O4.C2H6/c1-4-23(5-2)22(27)16-8-6-15(7-9-16)21-18-13-19(26)20(28-3)12-17(18)10-11-24(21)14-25;1-2/h6-9,12-14,21,26H,4-5,10-11H2,1-3H3;1-2H3. The molecule has 1 aliphatic heterocycles. The Kier molecular flexibility index (Phi) is 8.27. The van der Waals surface area contributed by atoms with Crippen molar-refractivity contribution in [2.75, 3.05) is 26.7 Å². The fourth-order valence-corrected chi connectivity index (χ4v) is 3.80. The third-order valence-corrected chi connectivity index (χ3v) is 5.37. The Morgan fingerprint density at radius 1 is 1.20 bits per heavy atom. The number of carbonyl (C=O) groups excluding carboxylic acids is 2. The van der Waals surface area contributed by atoms with Gasteiger partial charge in [-0.3, -0.25) is 9.59 Å². The van der Waals surface area contributed by atoms with Crippen molar-refractivity contribution >= 4 is 12.3 Å². The minimum atomic E-state index is -0.310. The Morgan fingerprint density at radius 2 is 1.83 bits per heavy atom. The van der Waals surface area contributed by atoms with E-state index in [0.717, 1.165) is 23.1 Å². The van der Waals surface area contributed by atoms with E-state index in [0.29, 0.717) is 37.4 Å². The molecule has 2 aromatic carbocycles. The molecule has 1 atom stereocenters. The van der Waals surface area contributed by atoms with Crippen molar-refractivity contribution in [1.29, 1.82) is 0 Å². The summed E-state index contributed by atoms with van der Waals surface area (Å²) in [5, 5.41) is 10.2. The summed E-state index contributed by atoms with van der Waals surface area (Å²) >= 11 is 0. The highest BCUT2D eigenvalue weighted by Gasteiger charge is 2.29. The van der Waals surface area contributed by atoms with E-state index >= 15 is 0 Å². The molecule has 2 aromatic rings. The van der Waals surface area contributed by atoms with Crippen LogP contribution in [-0.4, -0.2) is 54.0 Å². The van der Waals surface area contributed by atoms with E-state index in [-0.39, 0.29) is 17.7 Å². The van der Waals surface area contributed by atoms with Gasteiger partial charge in [0, 0.05) is 25.2 Å². The van der Waals surface area contributed by atoms with Crippen molar-refractivity contribution in [3.8, 4) is 11.5 Å². The highest BCUT2D eigenvalue weighted by molar-refractivity contribution is 5.94. The number of nitrogens with zero attached hydrogens (tertiary/aromatic N) is 2. The maximum atomic E-state index is 12.5. The summed E-state index contributed by atoms with van der Waals surface area (Å²) in [4.78, 5) is 27.7.